The molecule has 0 aromatic heterocycles. The third kappa shape index (κ3) is 5.11. The summed E-state index contributed by atoms with van der Waals surface area (Å²) < 4.78 is 0. The first-order valence-corrected chi connectivity index (χ1v) is 6.99. The van der Waals surface area contributed by atoms with Crippen LogP contribution in [-0.4, -0.2) is 42.3 Å². The second-order valence-corrected chi connectivity index (χ2v) is 6.08. The number of hydrogen-bond donors (Lipinski definition) is 0. The Labute approximate surface area is 112 Å². The lowest BCUT2D eigenvalue weighted by Crippen LogP contribution is -2.19. The number of halogens is 1. The van der Waals surface area contributed by atoms with Crippen LogP contribution in [0.25, 0.3) is 0 Å². The predicted octanol–water partition coefficient (Wildman–Crippen LogP) is 3.21. The summed E-state index contributed by atoms with van der Waals surface area (Å²) in [6.45, 7) is 2.93. The van der Waals surface area contributed by atoms with Crippen molar-refractivity contribution < 1.29 is 4.79 Å². The molecular formula is C13H18ClNOS. The van der Waals surface area contributed by atoms with Gasteiger partial charge in [-0.15, -0.1) is 11.8 Å². The van der Waals surface area contributed by atoms with Gasteiger partial charge in [-0.1, -0.05) is 23.7 Å². The van der Waals surface area contributed by atoms with Crippen molar-refractivity contribution in [3.63, 3.8) is 0 Å². The summed E-state index contributed by atoms with van der Waals surface area (Å²) in [5.74, 6) is 1.11. The average molecular weight is 272 g/mol. The van der Waals surface area contributed by atoms with Crippen molar-refractivity contribution in [3.05, 3.63) is 34.9 Å². The zero-order chi connectivity index (χ0) is 12.8. The molecule has 1 aromatic rings. The van der Waals surface area contributed by atoms with E-state index in [4.69, 9.17) is 11.6 Å². The molecule has 0 fully saturated rings. The second-order valence-electron chi connectivity index (χ2n) is 4.19. The van der Waals surface area contributed by atoms with Gasteiger partial charge in [0.1, 0.15) is 0 Å². The molecule has 1 atom stereocenters. The van der Waals surface area contributed by atoms with E-state index in [0.717, 1.165) is 12.3 Å². The molecule has 17 heavy (non-hydrogen) atoms. The number of nitrogens with zero attached hydrogens (tertiary/aromatic N) is 1. The Morgan fingerprint density at radius 2 is 2.18 bits per heavy atom. The Kier molecular flexibility index (Phi) is 6.03. The lowest BCUT2D eigenvalue weighted by Gasteiger charge is -2.13. The molecule has 1 unspecified atom stereocenters. The third-order valence-electron chi connectivity index (χ3n) is 2.38. The molecule has 0 aliphatic heterocycles. The largest absolute Gasteiger partial charge is 0.309 e. The summed E-state index contributed by atoms with van der Waals surface area (Å²) in [6.07, 6.45) is 0. The molecule has 0 bridgehead atoms. The van der Waals surface area contributed by atoms with Crippen LogP contribution in [0, 0.1) is 0 Å². The molecule has 0 radical (unpaired) electrons. The van der Waals surface area contributed by atoms with Gasteiger partial charge in [-0.3, -0.25) is 4.79 Å². The Hall–Kier alpha value is -0.510. The van der Waals surface area contributed by atoms with Crippen LogP contribution in [-0.2, 0) is 0 Å². The normalized spacial score (nSPS) is 12.8. The number of carbonyl (C=O) groups excluding carboxylic acids is 1. The topological polar surface area (TPSA) is 20.3 Å². The molecular weight excluding hydrogens is 254 g/mol. The highest BCUT2D eigenvalue weighted by Gasteiger charge is 2.15. The van der Waals surface area contributed by atoms with Crippen LogP contribution >= 0.6 is 23.4 Å². The lowest BCUT2D eigenvalue weighted by atomic mass is 10.1. The molecule has 94 valence electrons. The zero-order valence-corrected chi connectivity index (χ0v) is 12.0. The lowest BCUT2D eigenvalue weighted by molar-refractivity contribution is 0.0994. The maximum absolute atomic E-state index is 12.1. The van der Waals surface area contributed by atoms with Gasteiger partial charge in [-0.2, -0.15) is 0 Å². The molecule has 0 spiro atoms. The Balaban J connectivity index is 2.52. The van der Waals surface area contributed by atoms with Crippen LogP contribution < -0.4 is 0 Å². The molecule has 0 heterocycles. The number of rotatable bonds is 6. The van der Waals surface area contributed by atoms with E-state index in [1.165, 1.54) is 0 Å². The van der Waals surface area contributed by atoms with Gasteiger partial charge in [0.25, 0.3) is 0 Å². The minimum Gasteiger partial charge on any atom is -0.309 e. The van der Waals surface area contributed by atoms with Gasteiger partial charge >= 0.3 is 0 Å². The SMILES string of the molecule is CC(SCCN(C)C)C(=O)c1cccc(Cl)c1. The number of carbonyl (C=O) groups is 1. The van der Waals surface area contributed by atoms with Gasteiger partial charge in [-0.25, -0.2) is 0 Å². The standard InChI is InChI=1S/C13H18ClNOS/c1-10(17-8-7-15(2)3)13(16)11-5-4-6-12(14)9-11/h4-6,9-10H,7-8H2,1-3H3. The maximum Gasteiger partial charge on any atom is 0.175 e. The van der Waals surface area contributed by atoms with Gasteiger partial charge < -0.3 is 4.90 Å². The fourth-order valence-electron chi connectivity index (χ4n) is 1.36. The Morgan fingerprint density at radius 3 is 2.76 bits per heavy atom. The van der Waals surface area contributed by atoms with Gasteiger partial charge in [0.05, 0.1) is 5.25 Å². The van der Waals surface area contributed by atoms with Gasteiger partial charge in [0, 0.05) is 22.9 Å². The monoisotopic (exact) mass is 271 g/mol. The molecule has 2 nitrogen and oxygen atoms in total. The Morgan fingerprint density at radius 1 is 1.47 bits per heavy atom. The highest BCUT2D eigenvalue weighted by molar-refractivity contribution is 8.00. The van der Waals surface area contributed by atoms with Crippen molar-refractivity contribution in [2.45, 2.75) is 12.2 Å². The molecule has 0 saturated heterocycles. The highest BCUT2D eigenvalue weighted by atomic mass is 35.5. The van der Waals surface area contributed by atoms with Crippen LogP contribution in [0.4, 0.5) is 0 Å². The fourth-order valence-corrected chi connectivity index (χ4v) is 2.67. The second kappa shape index (κ2) is 7.04. The first-order valence-electron chi connectivity index (χ1n) is 5.57. The smallest absolute Gasteiger partial charge is 0.175 e. The predicted molar refractivity (Wildman–Crippen MR) is 76.3 cm³/mol. The van der Waals surface area contributed by atoms with E-state index in [2.05, 4.69) is 4.90 Å². The van der Waals surface area contributed by atoms with E-state index in [-0.39, 0.29) is 11.0 Å². The number of Topliss-reactive ketones (excluding diaryl/α,β-unsaturated/α-hetero) is 1. The average Bonchev–Trinajstić information content (AvgIpc) is 2.27. The molecule has 1 aromatic carbocycles. The first-order chi connectivity index (χ1) is 8.00. The van der Waals surface area contributed by atoms with Crippen molar-refractivity contribution in [2.24, 2.45) is 0 Å². The minimum absolute atomic E-state index is 0.0200. The van der Waals surface area contributed by atoms with E-state index in [1.54, 1.807) is 23.9 Å². The van der Waals surface area contributed by atoms with Gasteiger partial charge in [0.2, 0.25) is 0 Å². The molecule has 0 aliphatic rings. The maximum atomic E-state index is 12.1. The molecule has 4 heteroatoms. The minimum atomic E-state index is -0.0200. The highest BCUT2D eigenvalue weighted by Crippen LogP contribution is 2.18. The summed E-state index contributed by atoms with van der Waals surface area (Å²) in [6, 6.07) is 7.14. The van der Waals surface area contributed by atoms with Gasteiger partial charge in [-0.05, 0) is 33.2 Å². The van der Waals surface area contributed by atoms with Crippen LogP contribution in [0.15, 0.2) is 24.3 Å². The van der Waals surface area contributed by atoms with E-state index in [1.807, 2.05) is 33.2 Å². The number of hydrogen-bond acceptors (Lipinski definition) is 3. The van der Waals surface area contributed by atoms with Crippen LogP contribution in [0.1, 0.15) is 17.3 Å². The van der Waals surface area contributed by atoms with E-state index in [0.29, 0.717) is 10.6 Å². The van der Waals surface area contributed by atoms with Crippen molar-refractivity contribution in [3.8, 4) is 0 Å². The Bertz CT molecular complexity index is 381. The third-order valence-corrected chi connectivity index (χ3v) is 3.75. The van der Waals surface area contributed by atoms with Crippen LogP contribution in [0.5, 0.6) is 0 Å². The molecule has 0 N–H and O–H groups in total. The number of ketones is 1. The summed E-state index contributed by atoms with van der Waals surface area (Å²) in [5.41, 5.74) is 0.697. The molecule has 0 aliphatic carbocycles. The number of thioether (sulfide) groups is 1. The van der Waals surface area contributed by atoms with Crippen LogP contribution in [0.3, 0.4) is 0 Å². The van der Waals surface area contributed by atoms with Crippen molar-refractivity contribution in [1.29, 1.82) is 0 Å². The van der Waals surface area contributed by atoms with E-state index >= 15 is 0 Å². The first kappa shape index (κ1) is 14.6. The molecule has 0 saturated carbocycles. The van der Waals surface area contributed by atoms with E-state index < -0.39 is 0 Å². The van der Waals surface area contributed by atoms with Crippen molar-refractivity contribution in [2.75, 3.05) is 26.4 Å². The quantitative estimate of drug-likeness (QED) is 0.741. The molecule has 1 rings (SSSR count). The zero-order valence-electron chi connectivity index (χ0n) is 10.4. The fraction of sp³-hybridized carbons (Fsp3) is 0.462. The van der Waals surface area contributed by atoms with E-state index in [9.17, 15) is 4.79 Å². The summed E-state index contributed by atoms with van der Waals surface area (Å²) in [5, 5.41) is 0.592. The number of benzene rings is 1. The van der Waals surface area contributed by atoms with Gasteiger partial charge in [0.15, 0.2) is 5.78 Å². The summed E-state index contributed by atoms with van der Waals surface area (Å²) in [4.78, 5) is 14.2. The summed E-state index contributed by atoms with van der Waals surface area (Å²) >= 11 is 7.55. The summed E-state index contributed by atoms with van der Waals surface area (Å²) in [7, 11) is 4.06. The van der Waals surface area contributed by atoms with Crippen molar-refractivity contribution >= 4 is 29.1 Å². The van der Waals surface area contributed by atoms with Crippen molar-refractivity contribution in [1.82, 2.24) is 4.90 Å². The van der Waals surface area contributed by atoms with Crippen LogP contribution in [0.2, 0.25) is 5.02 Å². The molecule has 0 amide bonds.